The smallest absolute Gasteiger partial charge is 0.272 e. The van der Waals surface area contributed by atoms with E-state index in [4.69, 9.17) is 0 Å². The van der Waals surface area contributed by atoms with Gasteiger partial charge in [-0.1, -0.05) is 6.07 Å². The van der Waals surface area contributed by atoms with E-state index in [9.17, 15) is 4.79 Å². The fraction of sp³-hybridized carbons (Fsp3) is 0.286. The number of rotatable bonds is 5. The van der Waals surface area contributed by atoms with Crippen LogP contribution in [0.3, 0.4) is 0 Å². The predicted molar refractivity (Wildman–Crippen MR) is 76.3 cm³/mol. The Morgan fingerprint density at radius 1 is 1.30 bits per heavy atom. The molecule has 6 nitrogen and oxygen atoms in total. The molecule has 1 atom stereocenters. The monoisotopic (exact) mass is 271 g/mol. The van der Waals surface area contributed by atoms with Crippen molar-refractivity contribution in [3.63, 3.8) is 0 Å². The molecule has 2 aromatic heterocycles. The zero-order valence-corrected chi connectivity index (χ0v) is 11.5. The molecule has 1 unspecified atom stereocenters. The summed E-state index contributed by atoms with van der Waals surface area (Å²) in [5.41, 5.74) is 1.23. The zero-order valence-electron chi connectivity index (χ0n) is 11.5. The maximum absolute atomic E-state index is 12.1. The fourth-order valence-electron chi connectivity index (χ4n) is 1.73. The van der Waals surface area contributed by atoms with Crippen LogP contribution >= 0.6 is 0 Å². The highest BCUT2D eigenvalue weighted by molar-refractivity contribution is 5.92. The summed E-state index contributed by atoms with van der Waals surface area (Å²) in [6.07, 6.45) is 6.46. The van der Waals surface area contributed by atoms with E-state index in [1.165, 1.54) is 6.20 Å². The van der Waals surface area contributed by atoms with Gasteiger partial charge in [0.15, 0.2) is 0 Å². The molecule has 104 valence electrons. The predicted octanol–water partition coefficient (Wildman–Crippen LogP) is 1.79. The second kappa shape index (κ2) is 6.60. The van der Waals surface area contributed by atoms with Crippen LogP contribution in [0.1, 0.15) is 35.9 Å². The minimum absolute atomic E-state index is 0.138. The van der Waals surface area contributed by atoms with Crippen molar-refractivity contribution in [3.05, 3.63) is 48.2 Å². The minimum atomic E-state index is -0.256. The first-order valence-corrected chi connectivity index (χ1v) is 6.47. The average molecular weight is 271 g/mol. The first kappa shape index (κ1) is 13.9. The van der Waals surface area contributed by atoms with Gasteiger partial charge in [0.1, 0.15) is 11.5 Å². The third kappa shape index (κ3) is 3.50. The van der Waals surface area contributed by atoms with Crippen LogP contribution in [0.25, 0.3) is 0 Å². The number of hydrogen-bond donors (Lipinski definition) is 2. The van der Waals surface area contributed by atoms with Gasteiger partial charge in [-0.15, -0.1) is 0 Å². The highest BCUT2D eigenvalue weighted by atomic mass is 16.1. The van der Waals surface area contributed by atoms with Crippen LogP contribution in [0.5, 0.6) is 0 Å². The topological polar surface area (TPSA) is 79.8 Å². The van der Waals surface area contributed by atoms with Gasteiger partial charge in [0.2, 0.25) is 0 Å². The third-order valence-corrected chi connectivity index (χ3v) is 2.76. The molecule has 0 aliphatic carbocycles. The van der Waals surface area contributed by atoms with Crippen molar-refractivity contribution in [3.8, 4) is 0 Å². The Balaban J connectivity index is 2.06. The molecule has 0 aromatic carbocycles. The van der Waals surface area contributed by atoms with Gasteiger partial charge in [-0.3, -0.25) is 14.8 Å². The highest BCUT2D eigenvalue weighted by Crippen LogP contribution is 2.11. The number of pyridine rings is 1. The van der Waals surface area contributed by atoms with Crippen molar-refractivity contribution in [2.45, 2.75) is 19.9 Å². The summed E-state index contributed by atoms with van der Waals surface area (Å²) in [7, 11) is 0. The quantitative estimate of drug-likeness (QED) is 0.866. The number of carbonyl (C=O) groups is 1. The lowest BCUT2D eigenvalue weighted by atomic mass is 10.1. The molecule has 2 rings (SSSR count). The van der Waals surface area contributed by atoms with Crippen LogP contribution in [-0.2, 0) is 0 Å². The van der Waals surface area contributed by atoms with E-state index in [2.05, 4.69) is 25.6 Å². The van der Waals surface area contributed by atoms with E-state index in [1.54, 1.807) is 18.6 Å². The molecule has 0 radical (unpaired) electrons. The summed E-state index contributed by atoms with van der Waals surface area (Å²) < 4.78 is 0. The van der Waals surface area contributed by atoms with E-state index in [0.717, 1.165) is 12.1 Å². The Hall–Kier alpha value is -2.50. The van der Waals surface area contributed by atoms with Gasteiger partial charge < -0.3 is 10.6 Å². The summed E-state index contributed by atoms with van der Waals surface area (Å²) in [5.74, 6) is 0.336. The average Bonchev–Trinajstić information content (AvgIpc) is 2.48. The number of hydrogen-bond acceptors (Lipinski definition) is 5. The number of amides is 1. The molecule has 0 fully saturated rings. The lowest BCUT2D eigenvalue weighted by Gasteiger charge is -2.13. The van der Waals surface area contributed by atoms with Gasteiger partial charge in [0.05, 0.1) is 18.4 Å². The second-order valence-corrected chi connectivity index (χ2v) is 4.30. The van der Waals surface area contributed by atoms with E-state index in [-0.39, 0.29) is 11.9 Å². The van der Waals surface area contributed by atoms with Gasteiger partial charge in [0, 0.05) is 18.9 Å². The molecule has 2 heterocycles. The number of nitrogens with one attached hydrogen (secondary N) is 2. The molecule has 6 heteroatoms. The lowest BCUT2D eigenvalue weighted by molar-refractivity contribution is 0.0934. The lowest BCUT2D eigenvalue weighted by Crippen LogP contribution is -2.27. The van der Waals surface area contributed by atoms with Crippen molar-refractivity contribution < 1.29 is 4.79 Å². The van der Waals surface area contributed by atoms with Crippen molar-refractivity contribution >= 4 is 11.7 Å². The van der Waals surface area contributed by atoms with Gasteiger partial charge in [-0.05, 0) is 25.5 Å². The number of carbonyl (C=O) groups excluding carboxylic acids is 1. The SMILES string of the molecule is CCNc1cncc(C(=O)NC(C)c2cccnc2)n1. The normalized spacial score (nSPS) is 11.7. The molecule has 0 aliphatic rings. The minimum Gasteiger partial charge on any atom is -0.369 e. The summed E-state index contributed by atoms with van der Waals surface area (Å²) in [4.78, 5) is 24.4. The third-order valence-electron chi connectivity index (χ3n) is 2.76. The molecular formula is C14H17N5O. The Morgan fingerprint density at radius 2 is 2.15 bits per heavy atom. The van der Waals surface area contributed by atoms with Gasteiger partial charge in [-0.2, -0.15) is 0 Å². The highest BCUT2D eigenvalue weighted by Gasteiger charge is 2.13. The molecule has 0 saturated carbocycles. The summed E-state index contributed by atoms with van der Waals surface area (Å²) >= 11 is 0. The molecule has 0 bridgehead atoms. The van der Waals surface area contributed by atoms with Crippen molar-refractivity contribution in [2.24, 2.45) is 0 Å². The summed E-state index contributed by atoms with van der Waals surface area (Å²) in [5, 5.41) is 5.90. The standard InChI is InChI=1S/C14H17N5O/c1-3-17-13-9-16-8-12(19-13)14(20)18-10(2)11-5-4-6-15-7-11/h4-10H,3H2,1-2H3,(H,17,19)(H,18,20). The second-order valence-electron chi connectivity index (χ2n) is 4.30. The molecular weight excluding hydrogens is 254 g/mol. The maximum Gasteiger partial charge on any atom is 0.272 e. The molecule has 1 amide bonds. The molecule has 2 N–H and O–H groups in total. The van der Waals surface area contributed by atoms with Crippen LogP contribution in [0.2, 0.25) is 0 Å². The fourth-order valence-corrected chi connectivity index (χ4v) is 1.73. The molecule has 0 aliphatic heterocycles. The summed E-state index contributed by atoms with van der Waals surface area (Å²) in [6.45, 7) is 4.58. The first-order valence-electron chi connectivity index (χ1n) is 6.47. The maximum atomic E-state index is 12.1. The van der Waals surface area contributed by atoms with Crippen LogP contribution in [-0.4, -0.2) is 27.4 Å². The van der Waals surface area contributed by atoms with Gasteiger partial charge in [-0.25, -0.2) is 4.98 Å². The van der Waals surface area contributed by atoms with Crippen LogP contribution < -0.4 is 10.6 Å². The largest absolute Gasteiger partial charge is 0.369 e. The van der Waals surface area contributed by atoms with Gasteiger partial charge in [0.25, 0.3) is 5.91 Å². The molecule has 0 spiro atoms. The first-order chi connectivity index (χ1) is 9.70. The van der Waals surface area contributed by atoms with Crippen molar-refractivity contribution in [2.75, 3.05) is 11.9 Å². The molecule has 20 heavy (non-hydrogen) atoms. The van der Waals surface area contributed by atoms with Crippen LogP contribution in [0.4, 0.5) is 5.82 Å². The Kier molecular flexibility index (Phi) is 4.60. The van der Waals surface area contributed by atoms with Crippen LogP contribution in [0, 0.1) is 0 Å². The number of aromatic nitrogens is 3. The van der Waals surface area contributed by atoms with E-state index < -0.39 is 0 Å². The zero-order chi connectivity index (χ0) is 14.4. The van der Waals surface area contributed by atoms with Crippen LogP contribution in [0.15, 0.2) is 36.9 Å². The van der Waals surface area contributed by atoms with Gasteiger partial charge >= 0.3 is 0 Å². The number of anilines is 1. The molecule has 0 saturated heterocycles. The van der Waals surface area contributed by atoms with E-state index in [1.807, 2.05) is 26.0 Å². The van der Waals surface area contributed by atoms with E-state index >= 15 is 0 Å². The number of nitrogens with zero attached hydrogens (tertiary/aromatic N) is 3. The summed E-state index contributed by atoms with van der Waals surface area (Å²) in [6, 6.07) is 3.61. The van der Waals surface area contributed by atoms with Crippen molar-refractivity contribution in [1.29, 1.82) is 0 Å². The molecule has 2 aromatic rings. The Labute approximate surface area is 117 Å². The van der Waals surface area contributed by atoms with Crippen molar-refractivity contribution in [1.82, 2.24) is 20.3 Å². The van der Waals surface area contributed by atoms with E-state index in [0.29, 0.717) is 11.5 Å². The Morgan fingerprint density at radius 3 is 2.85 bits per heavy atom. The Bertz CT molecular complexity index is 573.